The molecule has 0 aliphatic carbocycles. The quantitative estimate of drug-likeness (QED) is 0.802. The van der Waals surface area contributed by atoms with Gasteiger partial charge in [-0.05, 0) is 76.4 Å². The summed E-state index contributed by atoms with van der Waals surface area (Å²) in [6.45, 7) is 9.09. The van der Waals surface area contributed by atoms with Crippen LogP contribution in [0.2, 0.25) is 0 Å². The fourth-order valence-electron chi connectivity index (χ4n) is 3.73. The van der Waals surface area contributed by atoms with Crippen LogP contribution in [0.25, 0.3) is 0 Å². The molecule has 5 nitrogen and oxygen atoms in total. The molecule has 0 unspecified atom stereocenters. The number of aryl methyl sites for hydroxylation is 2. The van der Waals surface area contributed by atoms with Crippen molar-refractivity contribution in [1.82, 2.24) is 10.2 Å². The molecule has 1 fully saturated rings. The Balaban J connectivity index is 1.61. The lowest BCUT2D eigenvalue weighted by Crippen LogP contribution is -2.39. The first-order valence-electron chi connectivity index (χ1n) is 10.3. The van der Waals surface area contributed by atoms with Crippen molar-refractivity contribution in [2.75, 3.05) is 13.2 Å². The summed E-state index contributed by atoms with van der Waals surface area (Å²) in [7, 11) is 0. The molecule has 1 heterocycles. The molecule has 0 spiro atoms. The maximum atomic E-state index is 13.0. The van der Waals surface area contributed by atoms with Crippen molar-refractivity contribution in [3.8, 4) is 5.75 Å². The first kappa shape index (κ1) is 20.9. The summed E-state index contributed by atoms with van der Waals surface area (Å²) in [5.74, 6) is 0.693. The second kappa shape index (κ2) is 9.12. The lowest BCUT2D eigenvalue weighted by molar-refractivity contribution is 0.0690. The van der Waals surface area contributed by atoms with Gasteiger partial charge < -0.3 is 15.0 Å². The smallest absolute Gasteiger partial charge is 0.254 e. The van der Waals surface area contributed by atoms with E-state index in [1.54, 1.807) is 24.3 Å². The summed E-state index contributed by atoms with van der Waals surface area (Å²) in [5, 5.41) is 2.87. The lowest BCUT2D eigenvalue weighted by atomic mass is 10.0. The highest BCUT2D eigenvalue weighted by Gasteiger charge is 2.30. The monoisotopic (exact) mass is 394 g/mol. The van der Waals surface area contributed by atoms with Crippen LogP contribution in [0.3, 0.4) is 0 Å². The van der Waals surface area contributed by atoms with Gasteiger partial charge in [0.1, 0.15) is 12.4 Å². The SMILES string of the molecule is Cc1ccc(C(=O)N2CCC[C@@H]2COc2ccc(C(=O)NC(C)C)cc2)c(C)c1. The Morgan fingerprint density at radius 1 is 1.14 bits per heavy atom. The lowest BCUT2D eigenvalue weighted by Gasteiger charge is -2.25. The Morgan fingerprint density at radius 2 is 1.86 bits per heavy atom. The maximum absolute atomic E-state index is 13.0. The first-order chi connectivity index (χ1) is 13.8. The Bertz CT molecular complexity index is 874. The fraction of sp³-hybridized carbons (Fsp3) is 0.417. The van der Waals surface area contributed by atoms with Crippen molar-refractivity contribution in [3.05, 3.63) is 64.7 Å². The van der Waals surface area contributed by atoms with Crippen LogP contribution in [0.5, 0.6) is 5.75 Å². The van der Waals surface area contributed by atoms with Crippen molar-refractivity contribution in [2.24, 2.45) is 0 Å². The van der Waals surface area contributed by atoms with Gasteiger partial charge in [0.15, 0.2) is 0 Å². The third kappa shape index (κ3) is 5.17. The predicted octanol–water partition coefficient (Wildman–Crippen LogP) is 4.13. The molecule has 2 aromatic carbocycles. The molecule has 154 valence electrons. The molecule has 29 heavy (non-hydrogen) atoms. The van der Waals surface area contributed by atoms with E-state index in [-0.39, 0.29) is 23.9 Å². The van der Waals surface area contributed by atoms with Gasteiger partial charge in [0.05, 0.1) is 6.04 Å². The zero-order chi connectivity index (χ0) is 21.0. The van der Waals surface area contributed by atoms with E-state index in [1.807, 2.05) is 50.8 Å². The highest BCUT2D eigenvalue weighted by atomic mass is 16.5. The van der Waals surface area contributed by atoms with Gasteiger partial charge >= 0.3 is 0 Å². The molecule has 1 atom stereocenters. The summed E-state index contributed by atoms with van der Waals surface area (Å²) < 4.78 is 5.95. The summed E-state index contributed by atoms with van der Waals surface area (Å²) in [5.41, 5.74) is 3.55. The van der Waals surface area contributed by atoms with E-state index < -0.39 is 0 Å². The minimum atomic E-state index is -0.0902. The number of hydrogen-bond acceptors (Lipinski definition) is 3. The van der Waals surface area contributed by atoms with Crippen LogP contribution in [0.4, 0.5) is 0 Å². The molecule has 1 saturated heterocycles. The predicted molar refractivity (Wildman–Crippen MR) is 115 cm³/mol. The van der Waals surface area contributed by atoms with Crippen molar-refractivity contribution in [2.45, 2.75) is 52.6 Å². The number of carbonyl (C=O) groups is 2. The molecule has 3 rings (SSSR count). The van der Waals surface area contributed by atoms with Gasteiger partial charge in [0, 0.05) is 23.7 Å². The number of benzene rings is 2. The molecule has 1 aliphatic heterocycles. The number of ether oxygens (including phenoxy) is 1. The Labute approximate surface area is 173 Å². The molecule has 5 heteroatoms. The van der Waals surface area contributed by atoms with E-state index >= 15 is 0 Å². The Hall–Kier alpha value is -2.82. The minimum absolute atomic E-state index is 0.0621. The molecule has 0 radical (unpaired) electrons. The number of hydrogen-bond donors (Lipinski definition) is 1. The van der Waals surface area contributed by atoms with Gasteiger partial charge in [0.25, 0.3) is 11.8 Å². The number of carbonyl (C=O) groups excluding carboxylic acids is 2. The molecule has 0 bridgehead atoms. The fourth-order valence-corrected chi connectivity index (χ4v) is 3.73. The van der Waals surface area contributed by atoms with E-state index in [1.165, 1.54) is 0 Å². The topological polar surface area (TPSA) is 58.6 Å². The normalized spacial score (nSPS) is 16.2. The van der Waals surface area contributed by atoms with Gasteiger partial charge in [-0.3, -0.25) is 9.59 Å². The summed E-state index contributed by atoms with van der Waals surface area (Å²) >= 11 is 0. The molecule has 0 saturated carbocycles. The third-order valence-electron chi connectivity index (χ3n) is 5.23. The van der Waals surface area contributed by atoms with Crippen LogP contribution in [-0.2, 0) is 0 Å². The van der Waals surface area contributed by atoms with Crippen molar-refractivity contribution in [1.29, 1.82) is 0 Å². The zero-order valence-electron chi connectivity index (χ0n) is 17.7. The zero-order valence-corrected chi connectivity index (χ0v) is 17.7. The average molecular weight is 395 g/mol. The molecule has 2 amide bonds. The Kier molecular flexibility index (Phi) is 6.57. The van der Waals surface area contributed by atoms with E-state index in [0.29, 0.717) is 17.9 Å². The van der Waals surface area contributed by atoms with E-state index in [2.05, 4.69) is 5.32 Å². The minimum Gasteiger partial charge on any atom is -0.491 e. The van der Waals surface area contributed by atoms with Gasteiger partial charge in [-0.25, -0.2) is 0 Å². The number of likely N-dealkylation sites (tertiary alicyclic amines) is 1. The van der Waals surface area contributed by atoms with Gasteiger partial charge in [-0.15, -0.1) is 0 Å². The maximum Gasteiger partial charge on any atom is 0.254 e. The number of amides is 2. The molecule has 2 aromatic rings. The standard InChI is InChI=1S/C24H30N2O3/c1-16(2)25-23(27)19-8-10-21(11-9-19)29-15-20-6-5-13-26(20)24(28)22-12-7-17(3)14-18(22)4/h7-12,14,16,20H,5-6,13,15H2,1-4H3,(H,25,27)/t20-/m1/s1. The summed E-state index contributed by atoms with van der Waals surface area (Å²) in [6.07, 6.45) is 1.92. The second-order valence-electron chi connectivity index (χ2n) is 8.08. The second-order valence-corrected chi connectivity index (χ2v) is 8.08. The van der Waals surface area contributed by atoms with Crippen molar-refractivity contribution in [3.63, 3.8) is 0 Å². The number of rotatable bonds is 6. The van der Waals surface area contributed by atoms with Crippen molar-refractivity contribution >= 4 is 11.8 Å². The van der Waals surface area contributed by atoms with Crippen molar-refractivity contribution < 1.29 is 14.3 Å². The van der Waals surface area contributed by atoms with Crippen LogP contribution in [0.1, 0.15) is 58.5 Å². The average Bonchev–Trinajstić information content (AvgIpc) is 3.14. The largest absolute Gasteiger partial charge is 0.491 e. The van der Waals surface area contributed by atoms with Crippen LogP contribution in [0, 0.1) is 13.8 Å². The number of nitrogens with zero attached hydrogens (tertiary/aromatic N) is 1. The van der Waals surface area contributed by atoms with Crippen LogP contribution >= 0.6 is 0 Å². The molecule has 1 aliphatic rings. The molecular weight excluding hydrogens is 364 g/mol. The van der Waals surface area contributed by atoms with Gasteiger partial charge in [0.2, 0.25) is 0 Å². The van der Waals surface area contributed by atoms with Gasteiger partial charge in [-0.2, -0.15) is 0 Å². The summed E-state index contributed by atoms with van der Waals surface area (Å²) in [6, 6.07) is 13.3. The molecule has 0 aromatic heterocycles. The van der Waals surface area contributed by atoms with Crippen LogP contribution in [-0.4, -0.2) is 41.9 Å². The third-order valence-corrected chi connectivity index (χ3v) is 5.23. The van der Waals surface area contributed by atoms with Gasteiger partial charge in [-0.1, -0.05) is 17.7 Å². The highest BCUT2D eigenvalue weighted by molar-refractivity contribution is 5.96. The van der Waals surface area contributed by atoms with E-state index in [0.717, 1.165) is 36.1 Å². The molecular formula is C24H30N2O3. The summed E-state index contributed by atoms with van der Waals surface area (Å²) in [4.78, 5) is 27.0. The van der Waals surface area contributed by atoms with Crippen LogP contribution < -0.4 is 10.1 Å². The highest BCUT2D eigenvalue weighted by Crippen LogP contribution is 2.23. The number of nitrogens with one attached hydrogen (secondary N) is 1. The Morgan fingerprint density at radius 3 is 2.52 bits per heavy atom. The van der Waals surface area contributed by atoms with E-state index in [9.17, 15) is 9.59 Å². The first-order valence-corrected chi connectivity index (χ1v) is 10.3. The van der Waals surface area contributed by atoms with E-state index in [4.69, 9.17) is 4.74 Å². The van der Waals surface area contributed by atoms with Crippen LogP contribution in [0.15, 0.2) is 42.5 Å². The molecule has 1 N–H and O–H groups in total.